The fourth-order valence-corrected chi connectivity index (χ4v) is 2.41. The molecule has 0 aliphatic rings. The molecule has 0 aliphatic carbocycles. The average Bonchev–Trinajstić information content (AvgIpc) is 2.45. The SMILES string of the molecule is COc1ccccc1CNC(C)c1ccc(F)cc1Cl. The number of hydrogen-bond acceptors (Lipinski definition) is 2. The summed E-state index contributed by atoms with van der Waals surface area (Å²) in [6, 6.07) is 12.3. The Kier molecular flexibility index (Phi) is 4.99. The van der Waals surface area contributed by atoms with E-state index in [0.29, 0.717) is 11.6 Å². The topological polar surface area (TPSA) is 21.3 Å². The van der Waals surface area contributed by atoms with Crippen LogP contribution in [0, 0.1) is 5.82 Å². The molecule has 0 bridgehead atoms. The molecule has 0 saturated heterocycles. The Morgan fingerprint density at radius 3 is 2.70 bits per heavy atom. The number of ether oxygens (including phenoxy) is 1. The highest BCUT2D eigenvalue weighted by Gasteiger charge is 2.11. The van der Waals surface area contributed by atoms with Crippen molar-refractivity contribution < 1.29 is 9.13 Å². The molecule has 0 spiro atoms. The first kappa shape index (κ1) is 14.8. The van der Waals surface area contributed by atoms with Crippen molar-refractivity contribution in [3.63, 3.8) is 0 Å². The van der Waals surface area contributed by atoms with Crippen LogP contribution in [0.2, 0.25) is 5.02 Å². The second-order valence-corrected chi connectivity index (χ2v) is 4.99. The van der Waals surface area contributed by atoms with Gasteiger partial charge in [-0.25, -0.2) is 4.39 Å². The van der Waals surface area contributed by atoms with Gasteiger partial charge in [-0.1, -0.05) is 35.9 Å². The molecule has 0 radical (unpaired) electrons. The van der Waals surface area contributed by atoms with Gasteiger partial charge in [0.2, 0.25) is 0 Å². The third-order valence-corrected chi connectivity index (χ3v) is 3.55. The monoisotopic (exact) mass is 293 g/mol. The Morgan fingerprint density at radius 2 is 2.00 bits per heavy atom. The van der Waals surface area contributed by atoms with Gasteiger partial charge in [-0.3, -0.25) is 0 Å². The summed E-state index contributed by atoms with van der Waals surface area (Å²) in [4.78, 5) is 0. The first-order valence-corrected chi connectivity index (χ1v) is 6.80. The molecule has 2 aromatic rings. The Hall–Kier alpha value is -1.58. The summed E-state index contributed by atoms with van der Waals surface area (Å²) in [7, 11) is 1.65. The highest BCUT2D eigenvalue weighted by atomic mass is 35.5. The summed E-state index contributed by atoms with van der Waals surface area (Å²) >= 11 is 6.06. The predicted molar refractivity (Wildman–Crippen MR) is 79.7 cm³/mol. The molecule has 4 heteroatoms. The minimum absolute atomic E-state index is 0.0213. The lowest BCUT2D eigenvalue weighted by Gasteiger charge is -2.17. The number of methoxy groups -OCH3 is 1. The molecule has 0 heterocycles. The molecule has 0 saturated carbocycles. The first-order chi connectivity index (χ1) is 9.61. The third-order valence-electron chi connectivity index (χ3n) is 3.22. The molecule has 0 amide bonds. The van der Waals surface area contributed by atoms with Crippen LogP contribution in [-0.4, -0.2) is 7.11 Å². The van der Waals surface area contributed by atoms with Gasteiger partial charge < -0.3 is 10.1 Å². The molecule has 2 aromatic carbocycles. The maximum Gasteiger partial charge on any atom is 0.124 e. The molecule has 0 fully saturated rings. The number of rotatable bonds is 5. The van der Waals surface area contributed by atoms with E-state index in [1.54, 1.807) is 13.2 Å². The number of hydrogen-bond donors (Lipinski definition) is 1. The van der Waals surface area contributed by atoms with Crippen LogP contribution in [0.25, 0.3) is 0 Å². The lowest BCUT2D eigenvalue weighted by atomic mass is 10.1. The maximum absolute atomic E-state index is 13.0. The molecule has 2 nitrogen and oxygen atoms in total. The van der Waals surface area contributed by atoms with E-state index >= 15 is 0 Å². The van der Waals surface area contributed by atoms with Gasteiger partial charge in [0.05, 0.1) is 7.11 Å². The summed E-state index contributed by atoms with van der Waals surface area (Å²) in [5.41, 5.74) is 1.95. The van der Waals surface area contributed by atoms with Crippen LogP contribution >= 0.6 is 11.6 Å². The Labute approximate surface area is 123 Å². The minimum atomic E-state index is -0.323. The van der Waals surface area contributed by atoms with E-state index < -0.39 is 0 Å². The first-order valence-electron chi connectivity index (χ1n) is 6.42. The van der Waals surface area contributed by atoms with E-state index in [4.69, 9.17) is 16.3 Å². The number of para-hydroxylation sites is 1. The lowest BCUT2D eigenvalue weighted by Crippen LogP contribution is -2.18. The lowest BCUT2D eigenvalue weighted by molar-refractivity contribution is 0.406. The molecule has 0 aliphatic heterocycles. The van der Waals surface area contributed by atoms with Gasteiger partial charge in [-0.05, 0) is 30.7 Å². The van der Waals surface area contributed by atoms with E-state index in [0.717, 1.165) is 16.9 Å². The second-order valence-electron chi connectivity index (χ2n) is 4.58. The standard InChI is InChI=1S/C16H17ClFNO/c1-11(14-8-7-13(18)9-15(14)17)19-10-12-5-3-4-6-16(12)20-2/h3-9,11,19H,10H2,1-2H3. The van der Waals surface area contributed by atoms with E-state index in [2.05, 4.69) is 5.32 Å². The zero-order chi connectivity index (χ0) is 14.5. The van der Waals surface area contributed by atoms with E-state index in [9.17, 15) is 4.39 Å². The third kappa shape index (κ3) is 3.50. The van der Waals surface area contributed by atoms with Crippen LogP contribution in [0.1, 0.15) is 24.1 Å². The summed E-state index contributed by atoms with van der Waals surface area (Å²) in [5, 5.41) is 3.80. The Bertz CT molecular complexity index is 588. The molecule has 0 aromatic heterocycles. The molecule has 2 rings (SSSR count). The number of benzene rings is 2. The van der Waals surface area contributed by atoms with Gasteiger partial charge in [0.25, 0.3) is 0 Å². The van der Waals surface area contributed by atoms with E-state index in [-0.39, 0.29) is 11.9 Å². The van der Waals surface area contributed by atoms with Crippen LogP contribution in [0.4, 0.5) is 4.39 Å². The zero-order valence-electron chi connectivity index (χ0n) is 11.5. The molecule has 1 unspecified atom stereocenters. The van der Waals surface area contributed by atoms with Gasteiger partial charge in [0.1, 0.15) is 11.6 Å². The van der Waals surface area contributed by atoms with Crippen molar-refractivity contribution in [1.82, 2.24) is 5.32 Å². The van der Waals surface area contributed by atoms with Crippen LogP contribution in [0.3, 0.4) is 0 Å². The van der Waals surface area contributed by atoms with Gasteiger partial charge in [0.15, 0.2) is 0 Å². The molecule has 1 N–H and O–H groups in total. The quantitative estimate of drug-likeness (QED) is 0.885. The average molecular weight is 294 g/mol. The highest BCUT2D eigenvalue weighted by Crippen LogP contribution is 2.25. The van der Waals surface area contributed by atoms with Gasteiger partial charge in [-0.15, -0.1) is 0 Å². The van der Waals surface area contributed by atoms with Crippen molar-refractivity contribution in [2.75, 3.05) is 7.11 Å². The van der Waals surface area contributed by atoms with E-state index in [1.807, 2.05) is 31.2 Å². The summed E-state index contributed by atoms with van der Waals surface area (Å²) < 4.78 is 18.3. The normalized spacial score (nSPS) is 12.2. The maximum atomic E-state index is 13.0. The fourth-order valence-electron chi connectivity index (χ4n) is 2.07. The van der Waals surface area contributed by atoms with Crippen LogP contribution in [-0.2, 0) is 6.54 Å². The van der Waals surface area contributed by atoms with Crippen LogP contribution in [0.15, 0.2) is 42.5 Å². The number of nitrogens with one attached hydrogen (secondary N) is 1. The van der Waals surface area contributed by atoms with Gasteiger partial charge in [-0.2, -0.15) is 0 Å². The molecular formula is C16H17ClFNO. The highest BCUT2D eigenvalue weighted by molar-refractivity contribution is 6.31. The van der Waals surface area contributed by atoms with E-state index in [1.165, 1.54) is 12.1 Å². The van der Waals surface area contributed by atoms with Crippen LogP contribution in [0.5, 0.6) is 5.75 Å². The van der Waals surface area contributed by atoms with Crippen molar-refractivity contribution in [3.8, 4) is 5.75 Å². The largest absolute Gasteiger partial charge is 0.496 e. The summed E-state index contributed by atoms with van der Waals surface area (Å²) in [6.45, 7) is 2.65. The molecule has 20 heavy (non-hydrogen) atoms. The van der Waals surface area contributed by atoms with Crippen molar-refractivity contribution in [2.45, 2.75) is 19.5 Å². The Morgan fingerprint density at radius 1 is 1.25 bits per heavy atom. The van der Waals surface area contributed by atoms with Crippen molar-refractivity contribution in [3.05, 3.63) is 64.4 Å². The van der Waals surface area contributed by atoms with Gasteiger partial charge >= 0.3 is 0 Å². The fraction of sp³-hybridized carbons (Fsp3) is 0.250. The van der Waals surface area contributed by atoms with Crippen molar-refractivity contribution in [1.29, 1.82) is 0 Å². The van der Waals surface area contributed by atoms with Crippen molar-refractivity contribution in [2.24, 2.45) is 0 Å². The Balaban J connectivity index is 2.06. The second kappa shape index (κ2) is 6.73. The molecule has 1 atom stereocenters. The molecule has 106 valence electrons. The van der Waals surface area contributed by atoms with Gasteiger partial charge in [0, 0.05) is 23.2 Å². The summed E-state index contributed by atoms with van der Waals surface area (Å²) in [6.07, 6.45) is 0. The number of halogens is 2. The zero-order valence-corrected chi connectivity index (χ0v) is 12.2. The molecular weight excluding hydrogens is 277 g/mol. The summed E-state index contributed by atoms with van der Waals surface area (Å²) in [5.74, 6) is 0.521. The minimum Gasteiger partial charge on any atom is -0.496 e. The van der Waals surface area contributed by atoms with Crippen molar-refractivity contribution >= 4 is 11.6 Å². The smallest absolute Gasteiger partial charge is 0.124 e. The van der Waals surface area contributed by atoms with Crippen LogP contribution < -0.4 is 10.1 Å². The predicted octanol–water partition coefficient (Wildman–Crippen LogP) is 4.34.